The van der Waals surface area contributed by atoms with Crippen molar-refractivity contribution in [1.82, 2.24) is 19.1 Å². The fraction of sp³-hybridized carbons (Fsp3) is 0.420. The van der Waals surface area contributed by atoms with E-state index in [9.17, 15) is 19.2 Å². The molecule has 2 aliphatic rings. The van der Waals surface area contributed by atoms with Crippen LogP contribution in [-0.2, 0) is 37.9 Å². The van der Waals surface area contributed by atoms with Gasteiger partial charge in [0.05, 0.1) is 39.4 Å². The number of H-pyrrole nitrogens is 2. The Bertz CT molecular complexity index is 2890. The van der Waals surface area contributed by atoms with Crippen molar-refractivity contribution in [2.75, 3.05) is 27.4 Å². The number of rotatable bonds is 18. The molecule has 7 rings (SSSR count). The molecule has 0 saturated carbocycles. The summed E-state index contributed by atoms with van der Waals surface area (Å²) in [6.45, 7) is 16.8. The Labute approximate surface area is 401 Å². The van der Waals surface area contributed by atoms with Crippen molar-refractivity contribution >= 4 is 15.9 Å². The molecule has 2 aromatic heterocycles. The summed E-state index contributed by atoms with van der Waals surface area (Å²) in [5.41, 5.74) is 1.71. The third kappa shape index (κ3) is 11.0. The first-order valence-corrected chi connectivity index (χ1v) is 27.1. The number of hydrogen-bond donors (Lipinski definition) is 2. The van der Waals surface area contributed by atoms with Gasteiger partial charge >= 0.3 is 19.0 Å². The minimum Gasteiger partial charge on any atom is -0.497 e. The van der Waals surface area contributed by atoms with E-state index >= 15 is 4.57 Å². The van der Waals surface area contributed by atoms with Crippen LogP contribution in [0.1, 0.15) is 73.9 Å². The monoisotopic (exact) mass is 984 g/mol. The summed E-state index contributed by atoms with van der Waals surface area (Å²) in [7, 11) is -3.63. The highest BCUT2D eigenvalue weighted by atomic mass is 31.2. The van der Waals surface area contributed by atoms with E-state index in [1.165, 1.54) is 21.5 Å². The van der Waals surface area contributed by atoms with Crippen LogP contribution >= 0.6 is 7.60 Å². The minimum absolute atomic E-state index is 0.0330. The lowest BCUT2D eigenvalue weighted by Gasteiger charge is -2.39. The Kier molecular flexibility index (Phi) is 15.4. The smallest absolute Gasteiger partial charge is 0.362 e. The molecule has 6 unspecified atom stereocenters. The normalized spacial score (nSPS) is 21.6. The van der Waals surface area contributed by atoms with E-state index in [-0.39, 0.29) is 36.7 Å². The highest BCUT2D eigenvalue weighted by Crippen LogP contribution is 2.54. The van der Waals surface area contributed by atoms with E-state index in [0.29, 0.717) is 17.1 Å². The Morgan fingerprint density at radius 3 is 1.67 bits per heavy atom. The number of nitrogens with zero attached hydrogens (tertiary/aromatic N) is 2. The molecule has 7 atom stereocenters. The molecule has 0 bridgehead atoms. The van der Waals surface area contributed by atoms with Crippen LogP contribution in [0.4, 0.5) is 0 Å². The van der Waals surface area contributed by atoms with Crippen LogP contribution in [0, 0.1) is 13.8 Å². The summed E-state index contributed by atoms with van der Waals surface area (Å²) in [5.74, 6) is 2.38. The van der Waals surface area contributed by atoms with Crippen LogP contribution in [-0.4, -0.2) is 79.3 Å². The van der Waals surface area contributed by atoms with Gasteiger partial charge in [0, 0.05) is 36.4 Å². The fourth-order valence-electron chi connectivity index (χ4n) is 8.29. The first-order chi connectivity index (χ1) is 32.7. The molecule has 3 aromatic carbocycles. The summed E-state index contributed by atoms with van der Waals surface area (Å²) < 4.78 is 68.6. The highest BCUT2D eigenvalue weighted by molar-refractivity contribution is 7.57. The number of nitrogens with one attached hydrogen (secondary N) is 2. The highest BCUT2D eigenvalue weighted by Gasteiger charge is 2.48. The van der Waals surface area contributed by atoms with Gasteiger partial charge in [-0.25, -0.2) is 9.59 Å². The molecular weight excluding hydrogens is 924 g/mol. The zero-order valence-electron chi connectivity index (χ0n) is 40.4. The van der Waals surface area contributed by atoms with Gasteiger partial charge in [-0.05, 0) is 72.9 Å². The average molecular weight is 985 g/mol. The third-order valence-electron chi connectivity index (χ3n) is 13.1. The standard InChI is InChI=1S/C50H61N4O13PSi/c1-11-25-68(59,63-31-42-40(67-69(9,10)49(4,5)6)27-44(65-42)54-29-33(3)46(56)52-48(54)58)66-39-26-43(53-28-32(2)45(55)51-47(53)57)64-41(39)30-62-50(34-15-13-12-14-16-34,35-17-21-37(60-7)22-18-35)36-19-23-38(61-8)24-20-36/h12-25,28-29,39-44H,1,26-27,30-31H2,2-10H3,(H,51,55,57)(H,52,56,58)/t39?,40?,41?,42?,43?,44?,68-/m0/s1. The summed E-state index contributed by atoms with van der Waals surface area (Å²) in [4.78, 5) is 55.9. The van der Waals surface area contributed by atoms with Crippen LogP contribution in [0.25, 0.3) is 0 Å². The van der Waals surface area contributed by atoms with Gasteiger partial charge in [0.15, 0.2) is 8.32 Å². The summed E-state index contributed by atoms with van der Waals surface area (Å²) in [5, 5.41) is -0.201. The summed E-state index contributed by atoms with van der Waals surface area (Å²) in [6.07, 6.45) is -2.37. The molecule has 0 amide bonds. The molecule has 0 spiro atoms. The molecule has 17 nitrogen and oxygen atoms in total. The second-order valence-electron chi connectivity index (χ2n) is 18.7. The van der Waals surface area contributed by atoms with Gasteiger partial charge in [0.2, 0.25) is 0 Å². The molecule has 69 heavy (non-hydrogen) atoms. The molecule has 5 aromatic rings. The molecular formula is C50H61N4O13PSi. The molecule has 2 saturated heterocycles. The van der Waals surface area contributed by atoms with E-state index in [1.807, 2.05) is 78.9 Å². The zero-order valence-corrected chi connectivity index (χ0v) is 42.3. The van der Waals surface area contributed by atoms with Crippen molar-refractivity contribution in [1.29, 1.82) is 0 Å². The van der Waals surface area contributed by atoms with Gasteiger partial charge in [-0.1, -0.05) is 81.9 Å². The lowest BCUT2D eigenvalue weighted by atomic mass is 9.80. The number of aromatic amines is 2. The molecule has 0 radical (unpaired) electrons. The fourth-order valence-corrected chi connectivity index (χ4v) is 11.0. The Morgan fingerprint density at radius 1 is 0.739 bits per heavy atom. The van der Waals surface area contributed by atoms with Crippen molar-refractivity contribution < 1.29 is 41.7 Å². The molecule has 2 aliphatic heterocycles. The number of hydrogen-bond acceptors (Lipinski definition) is 13. The maximum atomic E-state index is 15.1. The van der Waals surface area contributed by atoms with Crippen LogP contribution < -0.4 is 32.0 Å². The quantitative estimate of drug-likeness (QED) is 0.0377. The topological polar surface area (TPSA) is 201 Å². The first kappa shape index (κ1) is 51.2. The Hall–Kier alpha value is -5.65. The summed E-state index contributed by atoms with van der Waals surface area (Å²) >= 11 is 0. The maximum absolute atomic E-state index is 15.1. The Morgan fingerprint density at radius 2 is 1.20 bits per heavy atom. The first-order valence-electron chi connectivity index (χ1n) is 22.6. The van der Waals surface area contributed by atoms with E-state index in [1.54, 1.807) is 28.1 Å². The summed E-state index contributed by atoms with van der Waals surface area (Å²) in [6, 6.07) is 24.6. The second kappa shape index (κ2) is 20.7. The predicted octanol–water partition coefficient (Wildman–Crippen LogP) is 7.59. The SMILES string of the molecule is C=C=C[P@](=O)(OCC1OC(n2cc(C)c(=O)[nH]c2=O)CC1O[Si](C)(C)C(C)(C)C)OC1CC(n2cc(C)c(=O)[nH]c2=O)OC1COC(c1ccccc1)(c1ccc(OC)cc1)c1ccc(OC)cc1. The van der Waals surface area contributed by atoms with Gasteiger partial charge in [-0.15, -0.1) is 5.73 Å². The zero-order chi connectivity index (χ0) is 49.9. The predicted molar refractivity (Wildman–Crippen MR) is 262 cm³/mol. The van der Waals surface area contributed by atoms with Gasteiger partial charge in [0.1, 0.15) is 47.9 Å². The van der Waals surface area contributed by atoms with Gasteiger partial charge in [-0.2, -0.15) is 0 Å². The van der Waals surface area contributed by atoms with Crippen LogP contribution in [0.3, 0.4) is 0 Å². The number of methoxy groups -OCH3 is 2. The third-order valence-corrected chi connectivity index (χ3v) is 19.2. The number of benzene rings is 3. The lowest BCUT2D eigenvalue weighted by Crippen LogP contribution is -2.46. The van der Waals surface area contributed by atoms with E-state index in [4.69, 9.17) is 37.2 Å². The van der Waals surface area contributed by atoms with Crippen LogP contribution in [0.2, 0.25) is 18.1 Å². The minimum atomic E-state index is -4.34. The number of aromatic nitrogens is 4. The van der Waals surface area contributed by atoms with Crippen LogP contribution in [0.15, 0.2) is 129 Å². The van der Waals surface area contributed by atoms with Gasteiger partial charge in [0.25, 0.3) is 11.1 Å². The maximum Gasteiger partial charge on any atom is 0.362 e. The van der Waals surface area contributed by atoms with E-state index in [2.05, 4.69) is 56.1 Å². The molecule has 2 fully saturated rings. The second-order valence-corrected chi connectivity index (χ2v) is 25.3. The molecule has 368 valence electrons. The molecule has 19 heteroatoms. The largest absolute Gasteiger partial charge is 0.497 e. The molecule has 4 heterocycles. The van der Waals surface area contributed by atoms with E-state index < -0.39 is 80.9 Å². The van der Waals surface area contributed by atoms with Crippen LogP contribution in [0.5, 0.6) is 11.5 Å². The van der Waals surface area contributed by atoms with Crippen molar-refractivity contribution in [3.63, 3.8) is 0 Å². The van der Waals surface area contributed by atoms with Crippen molar-refractivity contribution in [2.24, 2.45) is 0 Å². The van der Waals surface area contributed by atoms with Crippen molar-refractivity contribution in [3.8, 4) is 11.5 Å². The molecule has 0 aliphatic carbocycles. The van der Waals surface area contributed by atoms with Gasteiger partial charge < -0.3 is 32.6 Å². The number of ether oxygens (including phenoxy) is 5. The molecule has 2 N–H and O–H groups in total. The van der Waals surface area contributed by atoms with E-state index in [0.717, 1.165) is 22.5 Å². The number of aryl methyl sites for hydroxylation is 2. The lowest BCUT2D eigenvalue weighted by molar-refractivity contribution is -0.0931. The Balaban J connectivity index is 1.25. The van der Waals surface area contributed by atoms with Crippen molar-refractivity contribution in [3.05, 3.63) is 179 Å². The average Bonchev–Trinajstić information content (AvgIpc) is 3.91. The van der Waals surface area contributed by atoms with Crippen molar-refractivity contribution in [2.45, 2.75) is 108 Å². The van der Waals surface area contributed by atoms with Gasteiger partial charge in [-0.3, -0.25) is 37.8 Å².